The highest BCUT2D eigenvalue weighted by Gasteiger charge is 2.13. The number of carboxylic acid groups (broad SMARTS) is 1. The maximum Gasteiger partial charge on any atom is 0.304 e. The van der Waals surface area contributed by atoms with Crippen LogP contribution in [0.5, 0.6) is 0 Å². The molecule has 0 saturated heterocycles. The van der Waals surface area contributed by atoms with E-state index < -0.39 is 11.8 Å². The summed E-state index contributed by atoms with van der Waals surface area (Å²) in [6.45, 7) is 1.72. The summed E-state index contributed by atoms with van der Waals surface area (Å²) in [6, 6.07) is 1.31. The Morgan fingerprint density at radius 1 is 1.80 bits per heavy atom. The molecule has 0 amide bonds. The maximum absolute atomic E-state index is 13.3. The first kappa shape index (κ1) is 12.4. The van der Waals surface area contributed by atoms with Crippen LogP contribution in [0.15, 0.2) is 21.8 Å². The van der Waals surface area contributed by atoms with Crippen molar-refractivity contribution in [3.8, 4) is 0 Å². The minimum absolute atomic E-state index is 0.0121. The Bertz CT molecular complexity index is 375. The standard InChI is InChI=1S/C9H9BrFNO2S/c1-5(2-8(13)14)15-9-7(11)3-6(10)4-12-9/h3-5H,2H2,1H3,(H,13,14). The number of rotatable bonds is 4. The minimum Gasteiger partial charge on any atom is -0.481 e. The topological polar surface area (TPSA) is 50.2 Å². The second-order valence-electron chi connectivity index (χ2n) is 2.97. The molecule has 1 atom stereocenters. The average Bonchev–Trinajstić information content (AvgIpc) is 2.08. The fourth-order valence-electron chi connectivity index (χ4n) is 0.967. The highest BCUT2D eigenvalue weighted by Crippen LogP contribution is 2.26. The van der Waals surface area contributed by atoms with E-state index in [0.717, 1.165) is 11.8 Å². The molecule has 1 aromatic rings. The van der Waals surface area contributed by atoms with E-state index in [4.69, 9.17) is 5.11 Å². The highest BCUT2D eigenvalue weighted by atomic mass is 79.9. The van der Waals surface area contributed by atoms with Gasteiger partial charge in [-0.15, -0.1) is 0 Å². The molecule has 0 aliphatic rings. The largest absolute Gasteiger partial charge is 0.481 e. The minimum atomic E-state index is -0.896. The van der Waals surface area contributed by atoms with E-state index in [9.17, 15) is 9.18 Å². The third-order valence-corrected chi connectivity index (χ3v) is 3.08. The van der Waals surface area contributed by atoms with Crippen molar-refractivity contribution >= 4 is 33.7 Å². The zero-order valence-electron chi connectivity index (χ0n) is 7.91. The molecule has 1 heterocycles. The number of carbonyl (C=O) groups is 1. The fourth-order valence-corrected chi connectivity index (χ4v) is 2.16. The van der Waals surface area contributed by atoms with E-state index in [1.165, 1.54) is 12.3 Å². The summed E-state index contributed by atoms with van der Waals surface area (Å²) < 4.78 is 13.9. The molecule has 82 valence electrons. The summed E-state index contributed by atoms with van der Waals surface area (Å²) in [6.07, 6.45) is 1.47. The van der Waals surface area contributed by atoms with Crippen LogP contribution in [0.3, 0.4) is 0 Å². The molecule has 0 aromatic carbocycles. The van der Waals surface area contributed by atoms with Gasteiger partial charge in [-0.2, -0.15) is 0 Å². The third-order valence-electron chi connectivity index (χ3n) is 1.55. The van der Waals surface area contributed by atoms with E-state index in [0.29, 0.717) is 4.47 Å². The van der Waals surface area contributed by atoms with Crippen molar-refractivity contribution in [2.24, 2.45) is 0 Å². The zero-order valence-corrected chi connectivity index (χ0v) is 10.3. The summed E-state index contributed by atoms with van der Waals surface area (Å²) in [5.41, 5.74) is 0. The van der Waals surface area contributed by atoms with Crippen LogP contribution in [0, 0.1) is 5.82 Å². The van der Waals surface area contributed by atoms with Gasteiger partial charge in [0, 0.05) is 15.9 Å². The lowest BCUT2D eigenvalue weighted by molar-refractivity contribution is -0.136. The van der Waals surface area contributed by atoms with Crippen molar-refractivity contribution in [1.29, 1.82) is 0 Å². The molecule has 1 N–H and O–H groups in total. The van der Waals surface area contributed by atoms with Crippen LogP contribution in [-0.2, 0) is 4.79 Å². The van der Waals surface area contributed by atoms with Crippen LogP contribution in [0.4, 0.5) is 4.39 Å². The second-order valence-corrected chi connectivity index (χ2v) is 5.31. The average molecular weight is 294 g/mol. The summed E-state index contributed by atoms with van der Waals surface area (Å²) in [5.74, 6) is -1.33. The van der Waals surface area contributed by atoms with Crippen LogP contribution in [0.25, 0.3) is 0 Å². The van der Waals surface area contributed by atoms with Gasteiger partial charge in [-0.25, -0.2) is 9.37 Å². The molecule has 0 fully saturated rings. The number of aliphatic carboxylic acids is 1. The van der Waals surface area contributed by atoms with Crippen LogP contribution in [0.2, 0.25) is 0 Å². The second kappa shape index (κ2) is 5.46. The number of nitrogens with zero attached hydrogens (tertiary/aromatic N) is 1. The third kappa shape index (κ3) is 4.17. The number of thioether (sulfide) groups is 1. The van der Waals surface area contributed by atoms with Gasteiger partial charge in [-0.3, -0.25) is 4.79 Å². The van der Waals surface area contributed by atoms with E-state index >= 15 is 0 Å². The monoisotopic (exact) mass is 293 g/mol. The highest BCUT2D eigenvalue weighted by molar-refractivity contribution is 9.10. The van der Waals surface area contributed by atoms with Gasteiger partial charge >= 0.3 is 5.97 Å². The molecule has 15 heavy (non-hydrogen) atoms. The van der Waals surface area contributed by atoms with Gasteiger partial charge in [0.1, 0.15) is 5.03 Å². The molecule has 1 unspecified atom stereocenters. The zero-order chi connectivity index (χ0) is 11.4. The van der Waals surface area contributed by atoms with E-state index in [1.54, 1.807) is 6.92 Å². The molecule has 6 heteroatoms. The Hall–Kier alpha value is -0.620. The lowest BCUT2D eigenvalue weighted by atomic mass is 10.3. The first-order valence-corrected chi connectivity index (χ1v) is 5.86. The van der Waals surface area contributed by atoms with Crippen molar-refractivity contribution < 1.29 is 14.3 Å². The summed E-state index contributed by atoms with van der Waals surface area (Å²) in [4.78, 5) is 14.3. The molecular weight excluding hydrogens is 285 g/mol. The van der Waals surface area contributed by atoms with Crippen molar-refractivity contribution in [3.05, 3.63) is 22.6 Å². The molecule has 1 aromatic heterocycles. The first-order valence-electron chi connectivity index (χ1n) is 4.18. The van der Waals surface area contributed by atoms with Crippen LogP contribution in [0.1, 0.15) is 13.3 Å². The molecule has 0 radical (unpaired) electrons. The number of carboxylic acids is 1. The normalized spacial score (nSPS) is 12.5. The number of pyridine rings is 1. The van der Waals surface area contributed by atoms with Crippen LogP contribution in [-0.4, -0.2) is 21.3 Å². The predicted octanol–water partition coefficient (Wildman–Crippen LogP) is 2.94. The van der Waals surface area contributed by atoms with Gasteiger partial charge in [0.2, 0.25) is 0 Å². The lowest BCUT2D eigenvalue weighted by Gasteiger charge is -2.08. The van der Waals surface area contributed by atoms with Crippen molar-refractivity contribution in [2.45, 2.75) is 23.6 Å². The van der Waals surface area contributed by atoms with Gasteiger partial charge in [0.15, 0.2) is 5.82 Å². The Kier molecular flexibility index (Phi) is 4.53. The van der Waals surface area contributed by atoms with Crippen molar-refractivity contribution in [3.63, 3.8) is 0 Å². The summed E-state index contributed by atoms with van der Waals surface area (Å²) in [7, 11) is 0. The molecule has 0 aliphatic carbocycles. The molecule has 0 aliphatic heterocycles. The van der Waals surface area contributed by atoms with Gasteiger partial charge in [-0.05, 0) is 22.0 Å². The fraction of sp³-hybridized carbons (Fsp3) is 0.333. The van der Waals surface area contributed by atoms with Crippen LogP contribution >= 0.6 is 27.7 Å². The van der Waals surface area contributed by atoms with Gasteiger partial charge in [-0.1, -0.05) is 18.7 Å². The van der Waals surface area contributed by atoms with Crippen molar-refractivity contribution in [2.75, 3.05) is 0 Å². The summed E-state index contributed by atoms with van der Waals surface area (Å²) in [5, 5.41) is 8.57. The van der Waals surface area contributed by atoms with Crippen molar-refractivity contribution in [1.82, 2.24) is 4.98 Å². The Labute approximate surface area is 99.2 Å². The van der Waals surface area contributed by atoms with Gasteiger partial charge in [0.05, 0.1) is 6.42 Å². The van der Waals surface area contributed by atoms with E-state index in [2.05, 4.69) is 20.9 Å². The molecule has 1 rings (SSSR count). The number of halogens is 2. The Balaban J connectivity index is 2.68. The quantitative estimate of drug-likeness (QED) is 0.867. The molecule has 3 nitrogen and oxygen atoms in total. The number of hydrogen-bond acceptors (Lipinski definition) is 3. The van der Waals surface area contributed by atoms with E-state index in [1.807, 2.05) is 0 Å². The summed E-state index contributed by atoms with van der Waals surface area (Å²) >= 11 is 4.22. The number of aromatic nitrogens is 1. The first-order chi connectivity index (χ1) is 6.99. The van der Waals surface area contributed by atoms with E-state index in [-0.39, 0.29) is 16.7 Å². The Morgan fingerprint density at radius 3 is 3.00 bits per heavy atom. The SMILES string of the molecule is CC(CC(=O)O)Sc1ncc(Br)cc1F. The smallest absolute Gasteiger partial charge is 0.304 e. The number of hydrogen-bond donors (Lipinski definition) is 1. The molecule has 0 spiro atoms. The molecule has 0 bridgehead atoms. The lowest BCUT2D eigenvalue weighted by Crippen LogP contribution is -2.06. The van der Waals surface area contributed by atoms with Gasteiger partial charge < -0.3 is 5.11 Å². The molecular formula is C9H9BrFNO2S. The molecule has 0 saturated carbocycles. The predicted molar refractivity (Wildman–Crippen MR) is 59.5 cm³/mol. The van der Waals surface area contributed by atoms with Gasteiger partial charge in [0.25, 0.3) is 0 Å². The maximum atomic E-state index is 13.3. The Morgan fingerprint density at radius 2 is 2.47 bits per heavy atom. The van der Waals surface area contributed by atoms with Crippen LogP contribution < -0.4 is 0 Å².